The van der Waals surface area contributed by atoms with Crippen molar-refractivity contribution in [1.29, 1.82) is 0 Å². The summed E-state index contributed by atoms with van der Waals surface area (Å²) in [6.07, 6.45) is -2.66. The van der Waals surface area contributed by atoms with Gasteiger partial charge in [-0.15, -0.1) is 0 Å². The lowest BCUT2D eigenvalue weighted by molar-refractivity contribution is 0.116. The van der Waals surface area contributed by atoms with Crippen molar-refractivity contribution >= 4 is 0 Å². The summed E-state index contributed by atoms with van der Waals surface area (Å²) in [6.45, 7) is 0. The minimum Gasteiger partial charge on any atom is -0.453 e. The highest BCUT2D eigenvalue weighted by atomic mass is 19.3. The Kier molecular flexibility index (Phi) is 5.26. The van der Waals surface area contributed by atoms with E-state index in [-0.39, 0.29) is 5.56 Å². The summed E-state index contributed by atoms with van der Waals surface area (Å²) in [7, 11) is 0. The average molecular weight is 341 g/mol. The first-order valence-electron chi connectivity index (χ1n) is 7.77. The van der Waals surface area contributed by atoms with Crippen LogP contribution in [0.15, 0.2) is 78.9 Å². The van der Waals surface area contributed by atoms with Gasteiger partial charge in [-0.3, -0.25) is 0 Å². The van der Waals surface area contributed by atoms with Gasteiger partial charge in [0, 0.05) is 0 Å². The summed E-state index contributed by atoms with van der Waals surface area (Å²) in [6, 6.07) is 21.4. The second kappa shape index (κ2) is 7.77. The maximum absolute atomic E-state index is 12.9. The summed E-state index contributed by atoms with van der Waals surface area (Å²) in [5.74, 6) is 1.93. The third-order valence-corrected chi connectivity index (χ3v) is 3.57. The van der Waals surface area contributed by atoms with Gasteiger partial charge in [-0.05, 0) is 42.0 Å². The molecule has 3 nitrogen and oxygen atoms in total. The molecule has 0 aliphatic carbocycles. The molecular formula is C20H17F2NO2. The van der Waals surface area contributed by atoms with Gasteiger partial charge in [0.15, 0.2) is 11.5 Å². The highest BCUT2D eigenvalue weighted by molar-refractivity contribution is 5.48. The Labute approximate surface area is 144 Å². The predicted octanol–water partition coefficient (Wildman–Crippen LogP) is 5.54. The Morgan fingerprint density at radius 3 is 1.72 bits per heavy atom. The lowest BCUT2D eigenvalue weighted by atomic mass is 10.1. The zero-order chi connectivity index (χ0) is 17.6. The van der Waals surface area contributed by atoms with Crippen LogP contribution in [0.4, 0.5) is 8.78 Å². The molecule has 0 radical (unpaired) electrons. The summed E-state index contributed by atoms with van der Waals surface area (Å²) < 4.78 is 37.5. The van der Waals surface area contributed by atoms with Gasteiger partial charge in [0.05, 0.1) is 6.04 Å². The van der Waals surface area contributed by atoms with Gasteiger partial charge in [0.1, 0.15) is 11.5 Å². The van der Waals surface area contributed by atoms with E-state index in [1.54, 1.807) is 30.3 Å². The molecule has 0 aromatic heterocycles. The van der Waals surface area contributed by atoms with E-state index in [0.29, 0.717) is 23.0 Å². The molecule has 0 spiro atoms. The Morgan fingerprint density at radius 1 is 0.680 bits per heavy atom. The minimum atomic E-state index is -2.66. The monoisotopic (exact) mass is 341 g/mol. The van der Waals surface area contributed by atoms with Crippen molar-refractivity contribution in [3.8, 4) is 23.0 Å². The van der Waals surface area contributed by atoms with Crippen molar-refractivity contribution in [3.63, 3.8) is 0 Å². The largest absolute Gasteiger partial charge is 0.453 e. The van der Waals surface area contributed by atoms with Crippen LogP contribution in [0.3, 0.4) is 0 Å². The number of rotatable bonds is 6. The number of hydrogen-bond donors (Lipinski definition) is 1. The van der Waals surface area contributed by atoms with Gasteiger partial charge in [0.2, 0.25) is 0 Å². The molecule has 0 aliphatic rings. The maximum atomic E-state index is 12.9. The molecule has 0 saturated heterocycles. The van der Waals surface area contributed by atoms with Crippen molar-refractivity contribution in [3.05, 3.63) is 84.4 Å². The molecule has 0 bridgehead atoms. The van der Waals surface area contributed by atoms with Gasteiger partial charge >= 0.3 is 0 Å². The molecule has 128 valence electrons. The van der Waals surface area contributed by atoms with Gasteiger partial charge < -0.3 is 15.2 Å². The Balaban J connectivity index is 1.95. The van der Waals surface area contributed by atoms with E-state index >= 15 is 0 Å². The topological polar surface area (TPSA) is 44.5 Å². The fraction of sp³-hybridized carbons (Fsp3) is 0.100. The number of para-hydroxylation sites is 2. The van der Waals surface area contributed by atoms with Gasteiger partial charge in [0.25, 0.3) is 6.43 Å². The van der Waals surface area contributed by atoms with Crippen LogP contribution in [0.5, 0.6) is 23.0 Å². The number of alkyl halides is 2. The fourth-order valence-electron chi connectivity index (χ4n) is 2.27. The standard InChI is InChI=1S/C20H17F2NO2/c21-20(22)19(23)14-11-12-17(24-15-7-3-1-4-8-15)18(13-14)25-16-9-5-2-6-10-16/h1-13,19-20H,23H2/t19-/m1/s1. The highest BCUT2D eigenvalue weighted by Gasteiger charge is 2.20. The summed E-state index contributed by atoms with van der Waals surface area (Å²) in [5, 5.41) is 0. The van der Waals surface area contributed by atoms with Crippen LogP contribution < -0.4 is 15.2 Å². The lowest BCUT2D eigenvalue weighted by Crippen LogP contribution is -2.18. The third kappa shape index (κ3) is 4.33. The second-order valence-corrected chi connectivity index (χ2v) is 5.40. The number of benzene rings is 3. The normalized spacial score (nSPS) is 12.0. The molecule has 2 N–H and O–H groups in total. The highest BCUT2D eigenvalue weighted by Crippen LogP contribution is 2.37. The maximum Gasteiger partial charge on any atom is 0.257 e. The van der Waals surface area contributed by atoms with E-state index < -0.39 is 12.5 Å². The van der Waals surface area contributed by atoms with Crippen LogP contribution in [-0.2, 0) is 0 Å². The van der Waals surface area contributed by atoms with Crippen molar-refractivity contribution < 1.29 is 18.3 Å². The first kappa shape index (κ1) is 16.9. The summed E-state index contributed by atoms with van der Waals surface area (Å²) in [5.41, 5.74) is 5.84. The summed E-state index contributed by atoms with van der Waals surface area (Å²) in [4.78, 5) is 0. The number of nitrogens with two attached hydrogens (primary N) is 1. The quantitative estimate of drug-likeness (QED) is 0.640. The van der Waals surface area contributed by atoms with Crippen molar-refractivity contribution in [2.45, 2.75) is 12.5 Å². The molecule has 0 heterocycles. The van der Waals surface area contributed by atoms with Crippen molar-refractivity contribution in [2.24, 2.45) is 5.73 Å². The zero-order valence-corrected chi connectivity index (χ0v) is 13.3. The molecule has 0 aliphatic heterocycles. The van der Waals surface area contributed by atoms with E-state index in [0.717, 1.165) is 0 Å². The molecule has 0 saturated carbocycles. The van der Waals surface area contributed by atoms with E-state index in [9.17, 15) is 8.78 Å². The van der Waals surface area contributed by atoms with Gasteiger partial charge in [-0.1, -0.05) is 42.5 Å². The Hall–Kier alpha value is -2.92. The van der Waals surface area contributed by atoms with Gasteiger partial charge in [-0.25, -0.2) is 8.78 Å². The van der Waals surface area contributed by atoms with Crippen molar-refractivity contribution in [1.82, 2.24) is 0 Å². The van der Waals surface area contributed by atoms with Crippen LogP contribution >= 0.6 is 0 Å². The van der Waals surface area contributed by atoms with Crippen LogP contribution in [0.1, 0.15) is 11.6 Å². The smallest absolute Gasteiger partial charge is 0.257 e. The molecule has 0 amide bonds. The first-order valence-corrected chi connectivity index (χ1v) is 7.77. The average Bonchev–Trinajstić information content (AvgIpc) is 2.64. The predicted molar refractivity (Wildman–Crippen MR) is 92.4 cm³/mol. The number of halogens is 2. The van der Waals surface area contributed by atoms with Crippen LogP contribution in [0, 0.1) is 0 Å². The van der Waals surface area contributed by atoms with E-state index in [1.807, 2.05) is 36.4 Å². The lowest BCUT2D eigenvalue weighted by Gasteiger charge is -2.16. The SMILES string of the molecule is N[C@H](c1ccc(Oc2ccccc2)c(Oc2ccccc2)c1)C(F)F. The van der Waals surface area contributed by atoms with Crippen LogP contribution in [-0.4, -0.2) is 6.43 Å². The third-order valence-electron chi connectivity index (χ3n) is 3.57. The molecule has 3 rings (SSSR count). The first-order chi connectivity index (χ1) is 12.1. The molecule has 5 heteroatoms. The molecular weight excluding hydrogens is 324 g/mol. The zero-order valence-electron chi connectivity index (χ0n) is 13.3. The Bertz CT molecular complexity index is 810. The molecule has 3 aromatic carbocycles. The minimum absolute atomic E-state index is 0.279. The van der Waals surface area contributed by atoms with Gasteiger partial charge in [-0.2, -0.15) is 0 Å². The molecule has 0 fully saturated rings. The van der Waals surface area contributed by atoms with E-state index in [1.165, 1.54) is 12.1 Å². The summed E-state index contributed by atoms with van der Waals surface area (Å²) >= 11 is 0. The Morgan fingerprint density at radius 2 is 1.20 bits per heavy atom. The van der Waals surface area contributed by atoms with E-state index in [2.05, 4.69) is 0 Å². The molecule has 1 atom stereocenters. The second-order valence-electron chi connectivity index (χ2n) is 5.40. The van der Waals surface area contributed by atoms with Crippen LogP contribution in [0.2, 0.25) is 0 Å². The molecule has 0 unspecified atom stereocenters. The fourth-order valence-corrected chi connectivity index (χ4v) is 2.27. The number of hydrogen-bond acceptors (Lipinski definition) is 3. The van der Waals surface area contributed by atoms with E-state index in [4.69, 9.17) is 15.2 Å². The molecule has 25 heavy (non-hydrogen) atoms. The van der Waals surface area contributed by atoms with Crippen LogP contribution in [0.25, 0.3) is 0 Å². The van der Waals surface area contributed by atoms with Crippen molar-refractivity contribution in [2.75, 3.05) is 0 Å². The molecule has 3 aromatic rings. The number of ether oxygens (including phenoxy) is 2.